The molecule has 1 aliphatic heterocycles. The molecular weight excluding hydrogens is 335 g/mol. The lowest BCUT2D eigenvalue weighted by molar-refractivity contribution is -0.137. The zero-order valence-corrected chi connectivity index (χ0v) is 12.1. The van der Waals surface area contributed by atoms with E-state index in [9.17, 15) is 9.59 Å². The molecule has 0 aromatic rings. The number of alkyl halides is 1. The van der Waals surface area contributed by atoms with Gasteiger partial charge in [0.05, 0.1) is 11.0 Å². The summed E-state index contributed by atoms with van der Waals surface area (Å²) in [5, 5.41) is 11.4. The smallest absolute Gasteiger partial charge is 0.305 e. The third-order valence-electron chi connectivity index (χ3n) is 3.00. The Bertz CT molecular complexity index is 278. The maximum Gasteiger partial charge on any atom is 0.305 e. The van der Waals surface area contributed by atoms with Crippen LogP contribution >= 0.6 is 22.6 Å². The van der Waals surface area contributed by atoms with Crippen LogP contribution in [0.5, 0.6) is 0 Å². The van der Waals surface area contributed by atoms with E-state index in [2.05, 4.69) is 32.8 Å². The number of piperidine rings is 1. The van der Waals surface area contributed by atoms with Gasteiger partial charge in [0.25, 0.3) is 0 Å². The average molecular weight is 354 g/mol. The van der Waals surface area contributed by atoms with Crippen LogP contribution in [0.4, 0.5) is 0 Å². The fourth-order valence-electron chi connectivity index (χ4n) is 1.99. The molecule has 1 atom stereocenters. The summed E-state index contributed by atoms with van der Waals surface area (Å²) in [6.07, 6.45) is 1.72. The first-order valence-electron chi connectivity index (χ1n) is 5.83. The molecule has 0 aromatic heterocycles. The van der Waals surface area contributed by atoms with Gasteiger partial charge >= 0.3 is 5.97 Å². The number of amides is 1. The first-order valence-corrected chi connectivity index (χ1v) is 7.36. The Labute approximate surface area is 115 Å². The molecule has 1 rings (SSSR count). The van der Waals surface area contributed by atoms with Crippen LogP contribution in [0.25, 0.3) is 0 Å². The molecule has 98 valence electrons. The highest BCUT2D eigenvalue weighted by Gasteiger charge is 2.25. The van der Waals surface area contributed by atoms with Crippen molar-refractivity contribution in [1.82, 2.24) is 10.2 Å². The van der Waals surface area contributed by atoms with Crippen LogP contribution in [0.15, 0.2) is 0 Å². The normalized spacial score (nSPS) is 19.9. The Morgan fingerprint density at radius 2 is 2.06 bits per heavy atom. The fraction of sp³-hybridized carbons (Fsp3) is 0.818. The Hall–Kier alpha value is -0.370. The molecule has 1 aliphatic rings. The summed E-state index contributed by atoms with van der Waals surface area (Å²) in [4.78, 5) is 24.7. The third-order valence-corrected chi connectivity index (χ3v) is 3.96. The topological polar surface area (TPSA) is 69.6 Å². The van der Waals surface area contributed by atoms with Gasteiger partial charge in [0.2, 0.25) is 5.91 Å². The summed E-state index contributed by atoms with van der Waals surface area (Å²) in [7, 11) is 0. The summed E-state index contributed by atoms with van der Waals surface area (Å²) < 4.78 is 1.00. The number of hydrogen-bond acceptors (Lipinski definition) is 3. The van der Waals surface area contributed by atoms with Crippen LogP contribution < -0.4 is 5.32 Å². The zero-order valence-electron chi connectivity index (χ0n) is 9.99. The first-order chi connectivity index (χ1) is 8.02. The number of carbonyl (C=O) groups excluding carboxylic acids is 1. The molecule has 1 fully saturated rings. The number of carboxylic acid groups (broad SMARTS) is 1. The number of nitrogens with zero attached hydrogens (tertiary/aromatic N) is 1. The lowest BCUT2D eigenvalue weighted by Gasteiger charge is -2.30. The van der Waals surface area contributed by atoms with Crippen LogP contribution in [0, 0.1) is 5.92 Å². The number of rotatable bonds is 5. The van der Waals surface area contributed by atoms with E-state index in [-0.39, 0.29) is 24.3 Å². The Balaban J connectivity index is 2.31. The molecule has 0 bridgehead atoms. The van der Waals surface area contributed by atoms with Crippen molar-refractivity contribution in [3.05, 3.63) is 0 Å². The van der Waals surface area contributed by atoms with Crippen molar-refractivity contribution >= 4 is 34.5 Å². The summed E-state index contributed by atoms with van der Waals surface area (Å²) >= 11 is 2.32. The summed E-state index contributed by atoms with van der Waals surface area (Å²) in [5.74, 6) is -0.824. The molecule has 1 amide bonds. The van der Waals surface area contributed by atoms with Crippen molar-refractivity contribution in [3.8, 4) is 0 Å². The zero-order chi connectivity index (χ0) is 12.8. The molecule has 0 aliphatic carbocycles. The van der Waals surface area contributed by atoms with Crippen molar-refractivity contribution in [2.45, 2.75) is 32.2 Å². The molecule has 0 radical (unpaired) electrons. The quantitative estimate of drug-likeness (QED) is 0.440. The van der Waals surface area contributed by atoms with E-state index < -0.39 is 5.97 Å². The van der Waals surface area contributed by atoms with E-state index >= 15 is 0 Å². The third kappa shape index (κ3) is 5.20. The molecule has 6 heteroatoms. The number of nitrogens with one attached hydrogen (secondary N) is 1. The molecule has 1 saturated heterocycles. The molecule has 17 heavy (non-hydrogen) atoms. The van der Waals surface area contributed by atoms with Crippen molar-refractivity contribution < 1.29 is 14.7 Å². The molecule has 1 heterocycles. The minimum atomic E-state index is -0.877. The maximum atomic E-state index is 11.9. The molecule has 0 saturated carbocycles. The molecule has 5 nitrogen and oxygen atoms in total. The Morgan fingerprint density at radius 1 is 1.47 bits per heavy atom. The molecule has 0 aromatic carbocycles. The van der Waals surface area contributed by atoms with Crippen molar-refractivity contribution in [2.75, 3.05) is 17.6 Å². The lowest BCUT2D eigenvalue weighted by Crippen LogP contribution is -2.43. The van der Waals surface area contributed by atoms with Gasteiger partial charge in [-0.05, 0) is 32.9 Å². The molecule has 0 spiro atoms. The summed E-state index contributed by atoms with van der Waals surface area (Å²) in [6, 6.07) is -0.289. The van der Waals surface area contributed by atoms with E-state index in [4.69, 9.17) is 5.11 Å². The van der Waals surface area contributed by atoms with Crippen molar-refractivity contribution in [1.29, 1.82) is 0 Å². The second-order valence-electron chi connectivity index (χ2n) is 4.52. The minimum absolute atomic E-state index is 0.00635. The summed E-state index contributed by atoms with van der Waals surface area (Å²) in [5.41, 5.74) is 0. The highest BCUT2D eigenvalue weighted by molar-refractivity contribution is 14.1. The van der Waals surface area contributed by atoms with Gasteiger partial charge in [-0.1, -0.05) is 22.6 Å². The number of halogens is 1. The van der Waals surface area contributed by atoms with Gasteiger partial charge < -0.3 is 10.4 Å². The second-order valence-corrected chi connectivity index (χ2v) is 5.20. The molecule has 0 unspecified atom stereocenters. The van der Waals surface area contributed by atoms with Crippen LogP contribution in [-0.4, -0.2) is 45.6 Å². The van der Waals surface area contributed by atoms with E-state index in [0.29, 0.717) is 0 Å². The van der Waals surface area contributed by atoms with Gasteiger partial charge in [-0.2, -0.15) is 0 Å². The molecular formula is C11H19IN2O3. The summed E-state index contributed by atoms with van der Waals surface area (Å²) in [6.45, 7) is 3.63. The van der Waals surface area contributed by atoms with E-state index in [1.165, 1.54) is 0 Å². The second kappa shape index (κ2) is 7.15. The van der Waals surface area contributed by atoms with Crippen LogP contribution in [0.1, 0.15) is 26.2 Å². The van der Waals surface area contributed by atoms with Crippen LogP contribution in [0.3, 0.4) is 0 Å². The monoisotopic (exact) mass is 354 g/mol. The number of hydrogen-bond donors (Lipinski definition) is 2. The van der Waals surface area contributed by atoms with Crippen molar-refractivity contribution in [2.24, 2.45) is 5.92 Å². The predicted octanol–water partition coefficient (Wildman–Crippen LogP) is 1.07. The lowest BCUT2D eigenvalue weighted by atomic mass is 9.96. The van der Waals surface area contributed by atoms with Gasteiger partial charge in [-0.25, -0.2) is 0 Å². The number of aliphatic carboxylic acids is 1. The van der Waals surface area contributed by atoms with Gasteiger partial charge in [-0.3, -0.25) is 14.5 Å². The first kappa shape index (κ1) is 14.7. The largest absolute Gasteiger partial charge is 0.481 e. The minimum Gasteiger partial charge on any atom is -0.481 e. The fourth-order valence-corrected chi connectivity index (χ4v) is 2.67. The highest BCUT2D eigenvalue weighted by Crippen LogP contribution is 2.18. The van der Waals surface area contributed by atoms with E-state index in [1.807, 2.05) is 0 Å². The predicted molar refractivity (Wildman–Crippen MR) is 73.0 cm³/mol. The van der Waals surface area contributed by atoms with Gasteiger partial charge in [0.1, 0.15) is 0 Å². The van der Waals surface area contributed by atoms with Gasteiger partial charge in [0.15, 0.2) is 0 Å². The van der Waals surface area contributed by atoms with E-state index in [0.717, 1.165) is 30.5 Å². The maximum absolute atomic E-state index is 11.9. The van der Waals surface area contributed by atoms with Crippen LogP contribution in [0.2, 0.25) is 0 Å². The Kier molecular flexibility index (Phi) is 6.18. The number of likely N-dealkylation sites (tertiary alicyclic amines) is 1. The average Bonchev–Trinajstić information content (AvgIpc) is 2.28. The van der Waals surface area contributed by atoms with Gasteiger partial charge in [-0.15, -0.1) is 0 Å². The van der Waals surface area contributed by atoms with Gasteiger partial charge in [0, 0.05) is 12.0 Å². The Morgan fingerprint density at radius 3 is 2.53 bits per heavy atom. The van der Waals surface area contributed by atoms with Crippen LogP contribution in [-0.2, 0) is 9.59 Å². The van der Waals surface area contributed by atoms with E-state index in [1.54, 1.807) is 6.92 Å². The number of carboxylic acids is 1. The SMILES string of the molecule is C[C@@H](CC(=O)O)NC(=O)C1CCN(CI)CC1. The molecule has 2 N–H and O–H groups in total. The number of carbonyl (C=O) groups is 2. The van der Waals surface area contributed by atoms with Crippen molar-refractivity contribution in [3.63, 3.8) is 0 Å². The highest BCUT2D eigenvalue weighted by atomic mass is 127. The standard InChI is InChI=1S/C11H19IN2O3/c1-8(6-10(15)16)13-11(17)9-2-4-14(7-12)5-3-9/h8-9H,2-7H2,1H3,(H,13,17)(H,15,16)/t8-/m0/s1.